The zero-order valence-corrected chi connectivity index (χ0v) is 26.6. The van der Waals surface area contributed by atoms with Gasteiger partial charge in [0.15, 0.2) is 16.9 Å². The van der Waals surface area contributed by atoms with E-state index in [2.05, 4.69) is 33.4 Å². The van der Waals surface area contributed by atoms with Crippen molar-refractivity contribution < 1.29 is 33.5 Å². The number of nitrogens with one attached hydrogen (secondary N) is 2. The second-order valence-corrected chi connectivity index (χ2v) is 12.7. The summed E-state index contributed by atoms with van der Waals surface area (Å²) in [5.41, 5.74) is 1.75. The number of thiol groups is 1. The zero-order chi connectivity index (χ0) is 32.1. The largest absolute Gasteiger partial charge is 0.450 e. The van der Waals surface area contributed by atoms with Crippen LogP contribution in [0.4, 0.5) is 5.13 Å². The average Bonchev–Trinajstić information content (AvgIpc) is 3.40. The molecule has 2 aliphatic heterocycles. The van der Waals surface area contributed by atoms with E-state index in [1.54, 1.807) is 6.92 Å². The molecule has 0 saturated carbocycles. The van der Waals surface area contributed by atoms with Crippen molar-refractivity contribution >= 4 is 87.5 Å². The Morgan fingerprint density at radius 1 is 1.16 bits per heavy atom. The van der Waals surface area contributed by atoms with Crippen molar-refractivity contribution in [1.29, 1.82) is 0 Å². The Kier molecular flexibility index (Phi) is 10.2. The van der Waals surface area contributed by atoms with Gasteiger partial charge in [-0.15, -0.1) is 11.8 Å². The van der Waals surface area contributed by atoms with Gasteiger partial charge in [-0.05, 0) is 23.6 Å². The number of anilines is 1. The number of carbonyl (C=O) groups is 5. The van der Waals surface area contributed by atoms with Crippen LogP contribution in [0.3, 0.4) is 0 Å². The quantitative estimate of drug-likeness (QED) is 0.0648. The predicted octanol–water partition coefficient (Wildman–Crippen LogP) is 3.55. The molecule has 2 aromatic carbocycles. The molecule has 1 fully saturated rings. The molecule has 3 aromatic rings. The maximum absolute atomic E-state index is 13.5. The van der Waals surface area contributed by atoms with E-state index in [9.17, 15) is 24.0 Å². The van der Waals surface area contributed by atoms with Gasteiger partial charge in [-0.2, -0.15) is 0 Å². The predicted molar refractivity (Wildman–Crippen MR) is 172 cm³/mol. The minimum Gasteiger partial charge on any atom is -0.450 e. The number of thioether (sulfide) groups is 1. The van der Waals surface area contributed by atoms with Crippen LogP contribution in [0.5, 0.6) is 0 Å². The van der Waals surface area contributed by atoms with Crippen LogP contribution in [0, 0.1) is 0 Å². The third kappa shape index (κ3) is 7.06. The number of benzene rings is 2. The number of hydrogen-bond donors (Lipinski definition) is 3. The number of aromatic nitrogens is 1. The van der Waals surface area contributed by atoms with Gasteiger partial charge in [-0.1, -0.05) is 101 Å². The van der Waals surface area contributed by atoms with E-state index < -0.39 is 52.7 Å². The minimum absolute atomic E-state index is 0.0113. The molecule has 0 aliphatic carbocycles. The molecule has 0 bridgehead atoms. The van der Waals surface area contributed by atoms with Crippen LogP contribution >= 0.6 is 47.3 Å². The van der Waals surface area contributed by atoms with E-state index >= 15 is 0 Å². The highest BCUT2D eigenvalue weighted by Crippen LogP contribution is 2.41. The number of halogens is 1. The first-order valence-corrected chi connectivity index (χ1v) is 15.9. The molecule has 16 heteroatoms. The summed E-state index contributed by atoms with van der Waals surface area (Å²) in [6, 6.07) is 17.3. The van der Waals surface area contributed by atoms with Gasteiger partial charge in [0, 0.05) is 5.75 Å². The Bertz CT molecular complexity index is 1660. The SMILES string of the molecule is CC1=C(C(=O)S)N2C(=O)C(NC(=O)C(=NOCC(=O)OC(c3ccccc3)c3ccccc3)c3nc(NC=O)sc3Cl)[C@H]2SC1. The van der Waals surface area contributed by atoms with Crippen molar-refractivity contribution in [3.63, 3.8) is 0 Å². The third-order valence-electron chi connectivity index (χ3n) is 6.65. The number of ether oxygens (including phenoxy) is 1. The summed E-state index contributed by atoms with van der Waals surface area (Å²) in [5.74, 6) is -1.72. The van der Waals surface area contributed by atoms with Gasteiger partial charge in [-0.3, -0.25) is 24.1 Å². The van der Waals surface area contributed by atoms with Crippen molar-refractivity contribution in [1.82, 2.24) is 15.2 Å². The summed E-state index contributed by atoms with van der Waals surface area (Å²) < 4.78 is 5.71. The molecule has 0 spiro atoms. The molecule has 2 N–H and O–H groups in total. The average molecular weight is 686 g/mol. The Hall–Kier alpha value is -4.18. The number of rotatable bonds is 12. The number of β-lactam (4-membered cyclic amide) rings is 1. The fourth-order valence-corrected chi connectivity index (χ4v) is 7.23. The van der Waals surface area contributed by atoms with Crippen LogP contribution in [-0.2, 0) is 33.5 Å². The van der Waals surface area contributed by atoms with E-state index in [0.29, 0.717) is 17.7 Å². The van der Waals surface area contributed by atoms with E-state index in [1.807, 2.05) is 60.7 Å². The molecule has 1 saturated heterocycles. The van der Waals surface area contributed by atoms with Crippen LogP contribution in [0.1, 0.15) is 29.8 Å². The van der Waals surface area contributed by atoms with Gasteiger partial charge in [-0.25, -0.2) is 9.78 Å². The van der Waals surface area contributed by atoms with E-state index in [0.717, 1.165) is 22.5 Å². The molecule has 2 atom stereocenters. The lowest BCUT2D eigenvalue weighted by Crippen LogP contribution is -2.70. The number of hydrogen-bond acceptors (Lipinski definition) is 11. The summed E-state index contributed by atoms with van der Waals surface area (Å²) in [4.78, 5) is 73.1. The summed E-state index contributed by atoms with van der Waals surface area (Å²) >= 11 is 12.4. The second-order valence-electron chi connectivity index (χ2n) is 9.60. The molecule has 3 heterocycles. The molecule has 0 radical (unpaired) electrons. The van der Waals surface area contributed by atoms with Crippen LogP contribution in [0.15, 0.2) is 77.1 Å². The second kappa shape index (κ2) is 14.3. The van der Waals surface area contributed by atoms with Crippen molar-refractivity contribution in [2.45, 2.75) is 24.4 Å². The van der Waals surface area contributed by atoms with Crippen LogP contribution < -0.4 is 10.6 Å². The summed E-state index contributed by atoms with van der Waals surface area (Å²) in [5, 5.41) is 7.77. The monoisotopic (exact) mass is 685 g/mol. The highest BCUT2D eigenvalue weighted by molar-refractivity contribution is 8.00. The van der Waals surface area contributed by atoms with Crippen molar-refractivity contribution in [2.24, 2.45) is 5.16 Å². The van der Waals surface area contributed by atoms with E-state index in [-0.39, 0.29) is 20.9 Å². The Labute approximate surface area is 275 Å². The number of thiazole rings is 1. The van der Waals surface area contributed by atoms with Crippen LogP contribution in [-0.4, -0.2) is 68.7 Å². The van der Waals surface area contributed by atoms with Crippen molar-refractivity contribution in [2.75, 3.05) is 17.7 Å². The highest BCUT2D eigenvalue weighted by Gasteiger charge is 2.53. The van der Waals surface area contributed by atoms with Gasteiger partial charge in [0.1, 0.15) is 21.4 Å². The van der Waals surface area contributed by atoms with Crippen LogP contribution in [0.25, 0.3) is 0 Å². The molecular weight excluding hydrogens is 662 g/mol. The van der Waals surface area contributed by atoms with E-state index in [4.69, 9.17) is 21.2 Å². The fourth-order valence-electron chi connectivity index (χ4n) is 4.64. The smallest absolute Gasteiger partial charge is 0.347 e. The maximum atomic E-state index is 13.5. The topological polar surface area (TPSA) is 156 Å². The van der Waals surface area contributed by atoms with Crippen molar-refractivity contribution in [3.8, 4) is 0 Å². The first kappa shape index (κ1) is 32.2. The minimum atomic E-state index is -1.00. The van der Waals surface area contributed by atoms with Crippen molar-refractivity contribution in [3.05, 3.63) is 93.1 Å². The lowest BCUT2D eigenvalue weighted by Gasteiger charge is -2.49. The van der Waals surface area contributed by atoms with Gasteiger partial charge in [0.05, 0.1) is 5.70 Å². The number of amides is 3. The standard InChI is InChI=1S/C29H24ClN5O7S3/c1-15-13-44-27-21(26(39)35(27)22(15)28(40)43)32-25(38)20(19-24(30)45-29(33-19)31-14-36)34-41-12-18(37)42-23(16-8-4-2-5-9-16)17-10-6-3-7-11-17/h2-11,14,21,23,27H,12-13H2,1H3,(H,32,38)(H,40,43)(H,31,33,36)/t21?,27-/m1/s1. The number of fused-ring (bicyclic) bond motifs is 1. The molecule has 1 aromatic heterocycles. The zero-order valence-electron chi connectivity index (χ0n) is 23.3. The third-order valence-corrected chi connectivity index (χ3v) is 9.47. The Morgan fingerprint density at radius 3 is 2.40 bits per heavy atom. The molecule has 3 amide bonds. The number of nitrogens with zero attached hydrogens (tertiary/aromatic N) is 3. The first-order valence-electron chi connectivity index (χ1n) is 13.2. The molecule has 1 unspecified atom stereocenters. The summed E-state index contributed by atoms with van der Waals surface area (Å²) in [6.45, 7) is 1.05. The number of oxime groups is 1. The molecule has 232 valence electrons. The summed E-state index contributed by atoms with van der Waals surface area (Å²) in [7, 11) is 0. The van der Waals surface area contributed by atoms with Gasteiger partial charge in [0.25, 0.3) is 11.8 Å². The van der Waals surface area contributed by atoms with Gasteiger partial charge < -0.3 is 20.2 Å². The molecule has 45 heavy (non-hydrogen) atoms. The Morgan fingerprint density at radius 2 is 1.80 bits per heavy atom. The fraction of sp³-hybridized carbons (Fsp3) is 0.207. The molecule has 2 aliphatic rings. The molecule has 12 nitrogen and oxygen atoms in total. The lowest BCUT2D eigenvalue weighted by molar-refractivity contribution is -0.153. The number of carbonyl (C=O) groups excluding carboxylic acids is 5. The Balaban J connectivity index is 1.34. The lowest BCUT2D eigenvalue weighted by atomic mass is 10.0. The number of esters is 1. The maximum Gasteiger partial charge on any atom is 0.347 e. The van der Waals surface area contributed by atoms with Gasteiger partial charge >= 0.3 is 5.97 Å². The summed E-state index contributed by atoms with van der Waals surface area (Å²) in [6.07, 6.45) is -0.344. The normalized spacial score (nSPS) is 17.7. The first-order chi connectivity index (χ1) is 21.7. The molecule has 5 rings (SSSR count). The van der Waals surface area contributed by atoms with E-state index in [1.165, 1.54) is 16.7 Å². The van der Waals surface area contributed by atoms with Crippen LogP contribution in [0.2, 0.25) is 4.34 Å². The highest BCUT2D eigenvalue weighted by atomic mass is 35.5. The van der Waals surface area contributed by atoms with Gasteiger partial charge in [0.2, 0.25) is 18.1 Å². The molecular formula is C29H24ClN5O7S3.